The molecule has 2 rings (SSSR count). The van der Waals surface area contributed by atoms with E-state index in [9.17, 15) is 9.59 Å². The van der Waals surface area contributed by atoms with Crippen LogP contribution < -0.4 is 20.2 Å². The number of carbonyl (C=O) groups excluding carboxylic acids is 2. The molecule has 0 saturated carbocycles. The fraction of sp³-hybridized carbons (Fsp3) is 0.286. The number of nitrogens with one attached hydrogen (secondary N) is 2. The molecule has 0 bridgehead atoms. The van der Waals surface area contributed by atoms with E-state index in [0.29, 0.717) is 28.7 Å². The van der Waals surface area contributed by atoms with Crippen molar-refractivity contribution >= 4 is 29.6 Å². The SMILES string of the molecule is CCOc1ccc(Cl)cc1C=NNC(=O)C(C)NC(=O)Cc1ccc(OC)cc1. The van der Waals surface area contributed by atoms with E-state index in [2.05, 4.69) is 15.8 Å². The molecule has 1 atom stereocenters. The molecule has 2 aromatic carbocycles. The normalized spacial score (nSPS) is 11.7. The summed E-state index contributed by atoms with van der Waals surface area (Å²) in [5.74, 6) is 0.613. The second kappa shape index (κ2) is 11.1. The third-order valence-electron chi connectivity index (χ3n) is 3.94. The molecule has 0 radical (unpaired) electrons. The van der Waals surface area contributed by atoms with E-state index in [1.54, 1.807) is 56.5 Å². The van der Waals surface area contributed by atoms with Gasteiger partial charge in [0.15, 0.2) is 0 Å². The average Bonchev–Trinajstić information content (AvgIpc) is 2.70. The molecule has 0 aliphatic heterocycles. The molecule has 0 aromatic heterocycles. The topological polar surface area (TPSA) is 89.0 Å². The summed E-state index contributed by atoms with van der Waals surface area (Å²) in [6, 6.07) is 11.5. The molecule has 0 aliphatic carbocycles. The molecule has 8 heteroatoms. The molecular formula is C21H24ClN3O4. The molecule has 0 saturated heterocycles. The summed E-state index contributed by atoms with van der Waals surface area (Å²) in [5, 5.41) is 7.10. The molecule has 0 fully saturated rings. The standard InChI is InChI=1S/C21H24ClN3O4/c1-4-29-19-10-7-17(22)12-16(19)13-23-25-21(27)14(2)24-20(26)11-15-5-8-18(28-3)9-6-15/h5-10,12-14H,4,11H2,1-3H3,(H,24,26)(H,25,27). The number of hydrogen-bond donors (Lipinski definition) is 2. The maximum Gasteiger partial charge on any atom is 0.262 e. The molecule has 7 nitrogen and oxygen atoms in total. The Labute approximate surface area is 175 Å². The Morgan fingerprint density at radius 2 is 1.93 bits per heavy atom. The summed E-state index contributed by atoms with van der Waals surface area (Å²) < 4.78 is 10.6. The second-order valence-electron chi connectivity index (χ2n) is 6.16. The minimum atomic E-state index is -0.747. The predicted molar refractivity (Wildman–Crippen MR) is 113 cm³/mol. The highest BCUT2D eigenvalue weighted by molar-refractivity contribution is 6.30. The van der Waals surface area contributed by atoms with Crippen molar-refractivity contribution in [3.05, 3.63) is 58.6 Å². The fourth-order valence-corrected chi connectivity index (χ4v) is 2.64. The highest BCUT2D eigenvalue weighted by Crippen LogP contribution is 2.21. The first kappa shape index (κ1) is 22.2. The molecular weight excluding hydrogens is 394 g/mol. The van der Waals surface area contributed by atoms with Gasteiger partial charge in [-0.25, -0.2) is 5.43 Å². The molecule has 0 aliphatic rings. The number of methoxy groups -OCH3 is 1. The van der Waals surface area contributed by atoms with Crippen molar-refractivity contribution in [2.75, 3.05) is 13.7 Å². The van der Waals surface area contributed by atoms with Gasteiger partial charge in [0.1, 0.15) is 17.5 Å². The van der Waals surface area contributed by atoms with E-state index in [1.165, 1.54) is 6.21 Å². The lowest BCUT2D eigenvalue weighted by Gasteiger charge is -2.12. The Kier molecular flexibility index (Phi) is 8.48. The summed E-state index contributed by atoms with van der Waals surface area (Å²) in [5.41, 5.74) is 3.86. The number of hydrogen-bond acceptors (Lipinski definition) is 5. The third-order valence-corrected chi connectivity index (χ3v) is 4.18. The largest absolute Gasteiger partial charge is 0.497 e. The lowest BCUT2D eigenvalue weighted by Crippen LogP contribution is -2.43. The zero-order chi connectivity index (χ0) is 21.2. The number of carbonyl (C=O) groups is 2. The van der Waals surface area contributed by atoms with Gasteiger partial charge >= 0.3 is 0 Å². The number of hydrazone groups is 1. The molecule has 29 heavy (non-hydrogen) atoms. The van der Waals surface area contributed by atoms with Crippen LogP contribution in [0.25, 0.3) is 0 Å². The van der Waals surface area contributed by atoms with Gasteiger partial charge in [-0.05, 0) is 49.7 Å². The van der Waals surface area contributed by atoms with Crippen molar-refractivity contribution in [3.63, 3.8) is 0 Å². The monoisotopic (exact) mass is 417 g/mol. The zero-order valence-corrected chi connectivity index (χ0v) is 17.3. The maximum absolute atomic E-state index is 12.2. The van der Waals surface area contributed by atoms with Crippen molar-refractivity contribution in [2.45, 2.75) is 26.3 Å². The Hall–Kier alpha value is -3.06. The van der Waals surface area contributed by atoms with Gasteiger partial charge in [0.05, 0.1) is 26.4 Å². The van der Waals surface area contributed by atoms with Crippen molar-refractivity contribution in [1.82, 2.24) is 10.7 Å². The maximum atomic E-state index is 12.2. The number of ether oxygens (including phenoxy) is 2. The molecule has 0 spiro atoms. The van der Waals surface area contributed by atoms with E-state index in [1.807, 2.05) is 6.92 Å². The van der Waals surface area contributed by atoms with Gasteiger partial charge in [0, 0.05) is 10.6 Å². The van der Waals surface area contributed by atoms with Crippen molar-refractivity contribution in [1.29, 1.82) is 0 Å². The highest BCUT2D eigenvalue weighted by atomic mass is 35.5. The van der Waals surface area contributed by atoms with Crippen LogP contribution in [0.3, 0.4) is 0 Å². The van der Waals surface area contributed by atoms with Crippen LogP contribution in [0.15, 0.2) is 47.6 Å². The van der Waals surface area contributed by atoms with Gasteiger partial charge in [-0.3, -0.25) is 9.59 Å². The van der Waals surface area contributed by atoms with Crippen LogP contribution in [0.4, 0.5) is 0 Å². The Morgan fingerprint density at radius 3 is 2.59 bits per heavy atom. The minimum Gasteiger partial charge on any atom is -0.497 e. The number of halogens is 1. The quantitative estimate of drug-likeness (QED) is 0.485. The van der Waals surface area contributed by atoms with Crippen LogP contribution in [-0.2, 0) is 16.0 Å². The number of rotatable bonds is 9. The summed E-state index contributed by atoms with van der Waals surface area (Å²) in [6.07, 6.45) is 1.60. The first-order valence-electron chi connectivity index (χ1n) is 9.10. The Morgan fingerprint density at radius 1 is 1.21 bits per heavy atom. The summed E-state index contributed by atoms with van der Waals surface area (Å²) in [6.45, 7) is 3.95. The van der Waals surface area contributed by atoms with Gasteiger partial charge in [-0.1, -0.05) is 23.7 Å². The van der Waals surface area contributed by atoms with Crippen LogP contribution >= 0.6 is 11.6 Å². The lowest BCUT2D eigenvalue weighted by molar-refractivity contribution is -0.128. The molecule has 154 valence electrons. The summed E-state index contributed by atoms with van der Waals surface area (Å²) in [4.78, 5) is 24.3. The van der Waals surface area contributed by atoms with Crippen molar-refractivity contribution < 1.29 is 19.1 Å². The minimum absolute atomic E-state index is 0.158. The van der Waals surface area contributed by atoms with Gasteiger partial charge in [-0.2, -0.15) is 5.10 Å². The average molecular weight is 418 g/mol. The van der Waals surface area contributed by atoms with Gasteiger partial charge in [-0.15, -0.1) is 0 Å². The highest BCUT2D eigenvalue weighted by Gasteiger charge is 2.15. The van der Waals surface area contributed by atoms with Crippen LogP contribution in [0.5, 0.6) is 11.5 Å². The van der Waals surface area contributed by atoms with Gasteiger partial charge in [0.25, 0.3) is 5.91 Å². The smallest absolute Gasteiger partial charge is 0.262 e. The first-order valence-corrected chi connectivity index (χ1v) is 9.48. The van der Waals surface area contributed by atoms with E-state index < -0.39 is 11.9 Å². The third kappa shape index (κ3) is 7.12. The van der Waals surface area contributed by atoms with Crippen LogP contribution in [0.2, 0.25) is 5.02 Å². The molecule has 2 amide bonds. The van der Waals surface area contributed by atoms with Gasteiger partial charge in [0.2, 0.25) is 5.91 Å². The number of nitrogens with zero attached hydrogens (tertiary/aromatic N) is 1. The van der Waals surface area contributed by atoms with Crippen LogP contribution in [-0.4, -0.2) is 37.8 Å². The van der Waals surface area contributed by atoms with E-state index in [4.69, 9.17) is 21.1 Å². The molecule has 2 aromatic rings. The zero-order valence-electron chi connectivity index (χ0n) is 16.6. The fourth-order valence-electron chi connectivity index (χ4n) is 2.46. The predicted octanol–water partition coefficient (Wildman–Crippen LogP) is 2.94. The van der Waals surface area contributed by atoms with E-state index in [-0.39, 0.29) is 12.3 Å². The van der Waals surface area contributed by atoms with Gasteiger partial charge < -0.3 is 14.8 Å². The molecule has 0 heterocycles. The second-order valence-corrected chi connectivity index (χ2v) is 6.60. The van der Waals surface area contributed by atoms with Crippen LogP contribution in [0.1, 0.15) is 25.0 Å². The van der Waals surface area contributed by atoms with Crippen molar-refractivity contribution in [2.24, 2.45) is 5.10 Å². The molecule has 2 N–H and O–H groups in total. The summed E-state index contributed by atoms with van der Waals surface area (Å²) in [7, 11) is 1.58. The lowest BCUT2D eigenvalue weighted by atomic mass is 10.1. The van der Waals surface area contributed by atoms with Crippen LogP contribution in [0, 0.1) is 0 Å². The first-order chi connectivity index (χ1) is 13.9. The molecule has 1 unspecified atom stereocenters. The van der Waals surface area contributed by atoms with Crippen molar-refractivity contribution in [3.8, 4) is 11.5 Å². The van der Waals surface area contributed by atoms with E-state index >= 15 is 0 Å². The summed E-state index contributed by atoms with van der Waals surface area (Å²) >= 11 is 5.99. The van der Waals surface area contributed by atoms with E-state index in [0.717, 1.165) is 5.56 Å². The number of amides is 2. The Bertz CT molecular complexity index is 869. The number of benzene rings is 2. The Balaban J connectivity index is 1.87.